The number of anilines is 1. The fourth-order valence-electron chi connectivity index (χ4n) is 1.44. The lowest BCUT2D eigenvalue weighted by Crippen LogP contribution is -2.04. The largest absolute Gasteiger partial charge is 0.485 e. The molecule has 1 aromatic heterocycles. The molecule has 0 atom stereocenters. The SMILES string of the molecule is CCCNc1snnc1COc1cc(Cl)c(Cl)cc1Cl. The number of hydrogen-bond donors (Lipinski definition) is 1. The maximum atomic E-state index is 6.05. The normalized spacial score (nSPS) is 10.6. The maximum Gasteiger partial charge on any atom is 0.140 e. The Hall–Kier alpha value is -0.750. The topological polar surface area (TPSA) is 47.0 Å². The third kappa shape index (κ3) is 3.88. The van der Waals surface area contributed by atoms with E-state index < -0.39 is 0 Å². The van der Waals surface area contributed by atoms with E-state index in [1.807, 2.05) is 0 Å². The van der Waals surface area contributed by atoms with Gasteiger partial charge < -0.3 is 10.1 Å². The van der Waals surface area contributed by atoms with Crippen molar-refractivity contribution in [2.75, 3.05) is 11.9 Å². The molecule has 8 heteroatoms. The number of aromatic nitrogens is 2. The number of benzene rings is 1. The van der Waals surface area contributed by atoms with Crippen molar-refractivity contribution in [1.29, 1.82) is 0 Å². The van der Waals surface area contributed by atoms with Crippen molar-refractivity contribution in [2.24, 2.45) is 0 Å². The van der Waals surface area contributed by atoms with Crippen LogP contribution in [0, 0.1) is 0 Å². The molecule has 0 spiro atoms. The van der Waals surface area contributed by atoms with E-state index in [9.17, 15) is 0 Å². The molecule has 2 aromatic rings. The molecule has 0 bridgehead atoms. The van der Waals surface area contributed by atoms with Crippen molar-refractivity contribution in [1.82, 2.24) is 9.59 Å². The minimum atomic E-state index is 0.264. The first-order chi connectivity index (χ1) is 9.61. The van der Waals surface area contributed by atoms with E-state index in [0.29, 0.717) is 20.8 Å². The van der Waals surface area contributed by atoms with Crippen LogP contribution in [0.25, 0.3) is 0 Å². The number of rotatable bonds is 6. The van der Waals surface area contributed by atoms with Gasteiger partial charge in [0.25, 0.3) is 0 Å². The standard InChI is InChI=1S/C12H12Cl3N3OS/c1-2-3-16-12-10(17-18-20-12)6-19-11-5-8(14)7(13)4-9(11)15/h4-5,16H,2-3,6H2,1H3. The van der Waals surface area contributed by atoms with E-state index in [-0.39, 0.29) is 6.61 Å². The Morgan fingerprint density at radius 2 is 1.95 bits per heavy atom. The van der Waals surface area contributed by atoms with Gasteiger partial charge in [-0.3, -0.25) is 0 Å². The van der Waals surface area contributed by atoms with Crippen LogP contribution in [0.1, 0.15) is 19.0 Å². The first kappa shape index (κ1) is 15.6. The molecule has 0 aliphatic rings. The van der Waals surface area contributed by atoms with Gasteiger partial charge in [-0.05, 0) is 12.5 Å². The van der Waals surface area contributed by atoms with Gasteiger partial charge >= 0.3 is 0 Å². The van der Waals surface area contributed by atoms with Gasteiger partial charge in [-0.1, -0.05) is 46.2 Å². The van der Waals surface area contributed by atoms with Crippen LogP contribution in [0.15, 0.2) is 12.1 Å². The van der Waals surface area contributed by atoms with E-state index in [1.54, 1.807) is 12.1 Å². The number of ether oxygens (including phenoxy) is 1. The summed E-state index contributed by atoms with van der Waals surface area (Å²) in [4.78, 5) is 0. The summed E-state index contributed by atoms with van der Waals surface area (Å²) in [5, 5.41) is 9.38. The lowest BCUT2D eigenvalue weighted by atomic mass is 10.3. The Balaban J connectivity index is 2.05. The summed E-state index contributed by atoms with van der Waals surface area (Å²) in [6.45, 7) is 3.22. The summed E-state index contributed by atoms with van der Waals surface area (Å²) >= 11 is 19.2. The van der Waals surface area contributed by atoms with Crippen molar-refractivity contribution in [3.8, 4) is 5.75 Å². The van der Waals surface area contributed by atoms with Crippen LogP contribution in [-0.2, 0) is 6.61 Å². The second kappa shape index (κ2) is 7.31. The summed E-state index contributed by atoms with van der Waals surface area (Å²) in [5.41, 5.74) is 0.741. The fraction of sp³-hybridized carbons (Fsp3) is 0.333. The zero-order valence-electron chi connectivity index (χ0n) is 10.6. The monoisotopic (exact) mass is 351 g/mol. The maximum absolute atomic E-state index is 6.05. The van der Waals surface area contributed by atoms with Crippen LogP contribution < -0.4 is 10.1 Å². The average molecular weight is 353 g/mol. The molecule has 0 fully saturated rings. The molecule has 0 aliphatic heterocycles. The van der Waals surface area contributed by atoms with Crippen LogP contribution >= 0.6 is 46.3 Å². The van der Waals surface area contributed by atoms with Gasteiger partial charge in [0.1, 0.15) is 23.1 Å². The predicted molar refractivity (Wildman–Crippen MR) is 84.5 cm³/mol. The molecule has 2 rings (SSSR count). The molecule has 1 N–H and O–H groups in total. The zero-order valence-corrected chi connectivity index (χ0v) is 13.7. The zero-order chi connectivity index (χ0) is 14.5. The summed E-state index contributed by atoms with van der Waals surface area (Å²) in [6, 6.07) is 3.14. The first-order valence-corrected chi connectivity index (χ1v) is 7.85. The van der Waals surface area contributed by atoms with Crippen LogP contribution in [-0.4, -0.2) is 16.1 Å². The van der Waals surface area contributed by atoms with Crippen LogP contribution in [0.4, 0.5) is 5.00 Å². The van der Waals surface area contributed by atoms with Gasteiger partial charge in [0.05, 0.1) is 15.1 Å². The van der Waals surface area contributed by atoms with Crippen molar-refractivity contribution in [3.63, 3.8) is 0 Å². The van der Waals surface area contributed by atoms with E-state index in [0.717, 1.165) is 23.7 Å². The molecule has 4 nitrogen and oxygen atoms in total. The van der Waals surface area contributed by atoms with Crippen molar-refractivity contribution in [2.45, 2.75) is 20.0 Å². The molecule has 0 amide bonds. The van der Waals surface area contributed by atoms with Gasteiger partial charge in [-0.25, -0.2) is 0 Å². The van der Waals surface area contributed by atoms with Crippen molar-refractivity contribution < 1.29 is 4.74 Å². The number of halogens is 3. The Morgan fingerprint density at radius 1 is 1.20 bits per heavy atom. The highest BCUT2D eigenvalue weighted by Crippen LogP contribution is 2.34. The quantitative estimate of drug-likeness (QED) is 0.751. The highest BCUT2D eigenvalue weighted by molar-refractivity contribution is 7.10. The van der Waals surface area contributed by atoms with Gasteiger partial charge in [0.2, 0.25) is 0 Å². The molecule has 0 radical (unpaired) electrons. The van der Waals surface area contributed by atoms with Crippen LogP contribution in [0.3, 0.4) is 0 Å². The molecule has 1 aromatic carbocycles. The molecule has 20 heavy (non-hydrogen) atoms. The lowest BCUT2D eigenvalue weighted by molar-refractivity contribution is 0.302. The molecule has 0 aliphatic carbocycles. The van der Waals surface area contributed by atoms with Gasteiger partial charge in [-0.15, -0.1) is 5.10 Å². The third-order valence-electron chi connectivity index (χ3n) is 2.43. The fourth-order valence-corrected chi connectivity index (χ4v) is 2.62. The second-order valence-corrected chi connectivity index (χ2v) is 5.94. The molecule has 108 valence electrons. The first-order valence-electron chi connectivity index (χ1n) is 5.94. The average Bonchev–Trinajstić information content (AvgIpc) is 2.86. The molecular formula is C12H12Cl3N3OS. The molecular weight excluding hydrogens is 341 g/mol. The molecule has 0 saturated carbocycles. The predicted octanol–water partition coefficient (Wildman–Crippen LogP) is 4.90. The number of nitrogens with one attached hydrogen (secondary N) is 1. The van der Waals surface area contributed by atoms with Crippen LogP contribution in [0.5, 0.6) is 5.75 Å². The summed E-state index contributed by atoms with van der Waals surface area (Å²) < 4.78 is 9.54. The highest BCUT2D eigenvalue weighted by Gasteiger charge is 2.11. The Labute approximate surface area is 136 Å². The minimum Gasteiger partial charge on any atom is -0.485 e. The van der Waals surface area contributed by atoms with E-state index in [1.165, 1.54) is 11.5 Å². The van der Waals surface area contributed by atoms with Gasteiger partial charge in [-0.2, -0.15) is 0 Å². The molecule has 0 saturated heterocycles. The highest BCUT2D eigenvalue weighted by atomic mass is 35.5. The molecule has 1 heterocycles. The van der Waals surface area contributed by atoms with Crippen LogP contribution in [0.2, 0.25) is 15.1 Å². The van der Waals surface area contributed by atoms with Gasteiger partial charge in [0, 0.05) is 24.1 Å². The van der Waals surface area contributed by atoms with E-state index in [2.05, 4.69) is 21.8 Å². The Kier molecular flexibility index (Phi) is 5.72. The van der Waals surface area contributed by atoms with E-state index >= 15 is 0 Å². The van der Waals surface area contributed by atoms with E-state index in [4.69, 9.17) is 39.5 Å². The van der Waals surface area contributed by atoms with Crippen molar-refractivity contribution in [3.05, 3.63) is 32.9 Å². The summed E-state index contributed by atoms with van der Waals surface area (Å²) in [6.07, 6.45) is 1.02. The minimum absolute atomic E-state index is 0.264. The van der Waals surface area contributed by atoms with Crippen molar-refractivity contribution >= 4 is 51.3 Å². The third-order valence-corrected chi connectivity index (χ3v) is 4.17. The number of nitrogens with zero attached hydrogens (tertiary/aromatic N) is 2. The Morgan fingerprint density at radius 3 is 2.70 bits per heavy atom. The van der Waals surface area contributed by atoms with Gasteiger partial charge in [0.15, 0.2) is 0 Å². The Bertz CT molecular complexity index is 591. The summed E-state index contributed by atoms with van der Waals surface area (Å²) in [5.74, 6) is 0.468. The smallest absolute Gasteiger partial charge is 0.140 e. The lowest BCUT2D eigenvalue weighted by Gasteiger charge is -2.09. The molecule has 0 unspecified atom stereocenters. The number of hydrogen-bond acceptors (Lipinski definition) is 5. The second-order valence-electron chi connectivity index (χ2n) is 3.96. The summed E-state index contributed by atoms with van der Waals surface area (Å²) in [7, 11) is 0.